The fourth-order valence-electron chi connectivity index (χ4n) is 1.17. The zero-order valence-corrected chi connectivity index (χ0v) is 10.7. The van der Waals surface area contributed by atoms with E-state index >= 15 is 0 Å². The normalized spacial score (nSPS) is 11.8. The Kier molecular flexibility index (Phi) is 6.06. The van der Waals surface area contributed by atoms with Crippen molar-refractivity contribution in [3.05, 3.63) is 11.8 Å². The predicted octanol–water partition coefficient (Wildman–Crippen LogP) is 0.938. The van der Waals surface area contributed by atoms with Crippen LogP contribution in [0.5, 0.6) is 0 Å². The molecule has 0 aliphatic heterocycles. The van der Waals surface area contributed by atoms with E-state index in [2.05, 4.69) is 10.4 Å². The summed E-state index contributed by atoms with van der Waals surface area (Å²) in [5.41, 5.74) is 6.38. The van der Waals surface area contributed by atoms with Crippen LogP contribution in [-0.2, 0) is 18.3 Å². The van der Waals surface area contributed by atoms with E-state index in [9.17, 15) is 4.79 Å². The molecule has 0 saturated carbocycles. The number of hydrogen-bond acceptors (Lipinski definition) is 3. The maximum Gasteiger partial charge on any atom is 0.229 e. The van der Waals surface area contributed by atoms with Crippen molar-refractivity contribution >= 4 is 24.1 Å². The van der Waals surface area contributed by atoms with Gasteiger partial charge in [-0.1, -0.05) is 13.8 Å². The van der Waals surface area contributed by atoms with Gasteiger partial charge in [0.25, 0.3) is 0 Å². The summed E-state index contributed by atoms with van der Waals surface area (Å²) in [5, 5.41) is 7.04. The van der Waals surface area contributed by atoms with Crippen LogP contribution in [0.4, 0.5) is 5.82 Å². The SMILES string of the molecule is CCc1cc(NC(=O)C(C)CN)n(C)n1.Cl. The van der Waals surface area contributed by atoms with E-state index in [0.29, 0.717) is 6.54 Å². The number of nitrogens with one attached hydrogen (secondary N) is 1. The fraction of sp³-hybridized carbons (Fsp3) is 0.600. The van der Waals surface area contributed by atoms with Gasteiger partial charge < -0.3 is 11.1 Å². The number of amides is 1. The minimum Gasteiger partial charge on any atom is -0.330 e. The van der Waals surface area contributed by atoms with Crippen molar-refractivity contribution in [2.45, 2.75) is 20.3 Å². The summed E-state index contributed by atoms with van der Waals surface area (Å²) in [6.45, 7) is 4.17. The second kappa shape index (κ2) is 6.50. The first-order chi connectivity index (χ1) is 7.08. The van der Waals surface area contributed by atoms with Gasteiger partial charge in [-0.25, -0.2) is 0 Å². The lowest BCUT2D eigenvalue weighted by atomic mass is 10.2. The van der Waals surface area contributed by atoms with Gasteiger partial charge in [0.15, 0.2) is 0 Å². The van der Waals surface area contributed by atoms with Crippen LogP contribution in [0.2, 0.25) is 0 Å². The van der Waals surface area contributed by atoms with Gasteiger partial charge in [0.2, 0.25) is 5.91 Å². The number of carbonyl (C=O) groups excluding carboxylic acids is 1. The van der Waals surface area contributed by atoms with Crippen LogP contribution in [0.25, 0.3) is 0 Å². The van der Waals surface area contributed by atoms with Crippen LogP contribution in [0.15, 0.2) is 6.07 Å². The number of nitrogens with zero attached hydrogens (tertiary/aromatic N) is 2. The van der Waals surface area contributed by atoms with Gasteiger partial charge in [0.1, 0.15) is 5.82 Å². The molecular formula is C10H19ClN4O. The Morgan fingerprint density at radius 3 is 2.75 bits per heavy atom. The highest BCUT2D eigenvalue weighted by Crippen LogP contribution is 2.10. The zero-order valence-electron chi connectivity index (χ0n) is 9.86. The summed E-state index contributed by atoms with van der Waals surface area (Å²) < 4.78 is 1.67. The summed E-state index contributed by atoms with van der Waals surface area (Å²) in [6, 6.07) is 1.88. The van der Waals surface area contributed by atoms with E-state index in [4.69, 9.17) is 5.73 Å². The molecule has 3 N–H and O–H groups in total. The highest BCUT2D eigenvalue weighted by Gasteiger charge is 2.13. The first-order valence-corrected chi connectivity index (χ1v) is 5.12. The largest absolute Gasteiger partial charge is 0.330 e. The third kappa shape index (κ3) is 3.50. The van der Waals surface area contributed by atoms with Crippen molar-refractivity contribution in [3.63, 3.8) is 0 Å². The molecular weight excluding hydrogens is 228 g/mol. The maximum atomic E-state index is 11.6. The number of hydrogen-bond donors (Lipinski definition) is 2. The maximum absolute atomic E-state index is 11.6. The van der Waals surface area contributed by atoms with E-state index in [1.807, 2.05) is 20.0 Å². The number of aryl methyl sites for hydroxylation is 2. The second-order valence-electron chi connectivity index (χ2n) is 3.62. The van der Waals surface area contributed by atoms with Gasteiger partial charge in [-0.15, -0.1) is 12.4 Å². The molecule has 0 spiro atoms. The molecule has 0 bridgehead atoms. The highest BCUT2D eigenvalue weighted by atomic mass is 35.5. The van der Waals surface area contributed by atoms with Crippen molar-refractivity contribution in [2.75, 3.05) is 11.9 Å². The number of carbonyl (C=O) groups is 1. The van der Waals surface area contributed by atoms with Crippen molar-refractivity contribution in [3.8, 4) is 0 Å². The van der Waals surface area contributed by atoms with Crippen LogP contribution >= 0.6 is 12.4 Å². The van der Waals surface area contributed by atoms with Gasteiger partial charge >= 0.3 is 0 Å². The molecule has 0 aliphatic rings. The average Bonchev–Trinajstić information content (AvgIpc) is 2.58. The molecule has 0 aliphatic carbocycles. The van der Waals surface area contributed by atoms with E-state index in [-0.39, 0.29) is 24.2 Å². The van der Waals surface area contributed by atoms with Gasteiger partial charge in [-0.2, -0.15) is 5.10 Å². The van der Waals surface area contributed by atoms with Crippen molar-refractivity contribution in [1.82, 2.24) is 9.78 Å². The number of nitrogens with two attached hydrogens (primary N) is 1. The smallest absolute Gasteiger partial charge is 0.229 e. The number of anilines is 1. The number of halogens is 1. The Hall–Kier alpha value is -1.07. The predicted molar refractivity (Wildman–Crippen MR) is 66.7 cm³/mol. The molecule has 1 amide bonds. The molecule has 0 aromatic carbocycles. The summed E-state index contributed by atoms with van der Waals surface area (Å²) >= 11 is 0. The van der Waals surface area contributed by atoms with Crippen LogP contribution in [-0.4, -0.2) is 22.2 Å². The van der Waals surface area contributed by atoms with Gasteiger partial charge in [0.05, 0.1) is 5.69 Å². The number of rotatable bonds is 4. The molecule has 1 unspecified atom stereocenters. The van der Waals surface area contributed by atoms with Gasteiger partial charge in [-0.05, 0) is 6.42 Å². The Labute approximate surface area is 102 Å². The molecule has 1 aromatic rings. The van der Waals surface area contributed by atoms with Crippen LogP contribution < -0.4 is 11.1 Å². The Morgan fingerprint density at radius 2 is 2.31 bits per heavy atom. The lowest BCUT2D eigenvalue weighted by Crippen LogP contribution is -2.27. The van der Waals surface area contributed by atoms with Crippen LogP contribution in [0, 0.1) is 5.92 Å². The molecule has 0 saturated heterocycles. The van der Waals surface area contributed by atoms with Gasteiger partial charge in [0, 0.05) is 25.6 Å². The molecule has 5 nitrogen and oxygen atoms in total. The van der Waals surface area contributed by atoms with Crippen molar-refractivity contribution in [2.24, 2.45) is 18.7 Å². The minimum atomic E-state index is -0.176. The summed E-state index contributed by atoms with van der Waals surface area (Å²) in [6.07, 6.45) is 0.857. The van der Waals surface area contributed by atoms with Gasteiger partial charge in [-0.3, -0.25) is 9.48 Å². The Balaban J connectivity index is 0.00000225. The molecule has 92 valence electrons. The van der Waals surface area contributed by atoms with Crippen molar-refractivity contribution < 1.29 is 4.79 Å². The van der Waals surface area contributed by atoms with Crippen molar-refractivity contribution in [1.29, 1.82) is 0 Å². The van der Waals surface area contributed by atoms with E-state index < -0.39 is 0 Å². The van der Waals surface area contributed by atoms with Crippen LogP contribution in [0.1, 0.15) is 19.5 Å². The molecule has 1 atom stereocenters. The number of aromatic nitrogens is 2. The Bertz CT molecular complexity index is 351. The standard InChI is InChI=1S/C10H18N4O.ClH/c1-4-8-5-9(14(3)13-8)12-10(15)7(2)6-11;/h5,7H,4,6,11H2,1-3H3,(H,12,15);1H. The topological polar surface area (TPSA) is 72.9 Å². The molecule has 1 rings (SSSR count). The Morgan fingerprint density at radius 1 is 1.69 bits per heavy atom. The van der Waals surface area contributed by atoms with E-state index in [1.54, 1.807) is 11.6 Å². The van der Waals surface area contributed by atoms with Crippen LogP contribution in [0.3, 0.4) is 0 Å². The second-order valence-corrected chi connectivity index (χ2v) is 3.62. The lowest BCUT2D eigenvalue weighted by molar-refractivity contribution is -0.119. The fourth-order valence-corrected chi connectivity index (χ4v) is 1.17. The zero-order chi connectivity index (χ0) is 11.4. The first kappa shape index (κ1) is 14.9. The van der Waals surface area contributed by atoms with E-state index in [1.165, 1.54) is 0 Å². The summed E-state index contributed by atoms with van der Waals surface area (Å²) in [4.78, 5) is 11.6. The molecule has 0 radical (unpaired) electrons. The average molecular weight is 247 g/mol. The quantitative estimate of drug-likeness (QED) is 0.831. The monoisotopic (exact) mass is 246 g/mol. The third-order valence-corrected chi connectivity index (χ3v) is 2.35. The van der Waals surface area contributed by atoms with E-state index in [0.717, 1.165) is 17.9 Å². The lowest BCUT2D eigenvalue weighted by Gasteiger charge is -2.09. The molecule has 0 fully saturated rings. The third-order valence-electron chi connectivity index (χ3n) is 2.35. The molecule has 1 aromatic heterocycles. The summed E-state index contributed by atoms with van der Waals surface area (Å²) in [5.74, 6) is 0.477. The summed E-state index contributed by atoms with van der Waals surface area (Å²) in [7, 11) is 1.81. The highest BCUT2D eigenvalue weighted by molar-refractivity contribution is 5.91. The minimum absolute atomic E-state index is 0. The molecule has 16 heavy (non-hydrogen) atoms. The molecule has 1 heterocycles. The molecule has 6 heteroatoms. The first-order valence-electron chi connectivity index (χ1n) is 5.12.